The summed E-state index contributed by atoms with van der Waals surface area (Å²) in [5.41, 5.74) is 0. The van der Waals surface area contributed by atoms with E-state index in [-0.39, 0.29) is 0 Å². The van der Waals surface area contributed by atoms with Crippen molar-refractivity contribution in [1.82, 2.24) is 9.97 Å². The van der Waals surface area contributed by atoms with Crippen LogP contribution in [0, 0.1) is 6.07 Å². The highest BCUT2D eigenvalue weighted by Crippen LogP contribution is 2.22. The van der Waals surface area contributed by atoms with Gasteiger partial charge in [-0.05, 0) is 11.5 Å². The Labute approximate surface area is 81.2 Å². The highest BCUT2D eigenvalue weighted by atomic mass is 14.6. The molecule has 0 aliphatic carbocycles. The molecule has 2 aromatic heterocycles. The van der Waals surface area contributed by atoms with Gasteiger partial charge in [-0.2, -0.15) is 0 Å². The van der Waals surface area contributed by atoms with Crippen LogP contribution >= 0.6 is 0 Å². The number of nitrogens with zero attached hydrogens (tertiary/aromatic N) is 2. The maximum Gasteiger partial charge on any atom is 0.0353 e. The molecule has 2 heteroatoms. The minimum atomic E-state index is 1.11. The van der Waals surface area contributed by atoms with Crippen LogP contribution in [0.3, 0.4) is 0 Å². The fraction of sp³-hybridized carbons (Fsp3) is 0. The Kier molecular flexibility index (Phi) is 1.47. The first kappa shape index (κ1) is 7.44. The fourth-order valence-corrected chi connectivity index (χ4v) is 1.67. The maximum atomic E-state index is 4.09. The van der Waals surface area contributed by atoms with Gasteiger partial charge in [-0.25, -0.2) is 0 Å². The Bertz CT molecular complexity index is 547. The first-order valence-corrected chi connectivity index (χ1v) is 4.43. The molecule has 0 N–H and O–H groups in total. The molecule has 14 heavy (non-hydrogen) atoms. The monoisotopic (exact) mass is 179 g/mol. The third kappa shape index (κ3) is 0.973. The van der Waals surface area contributed by atoms with Crippen molar-refractivity contribution in [3.05, 3.63) is 49.1 Å². The van der Waals surface area contributed by atoms with Crippen LogP contribution in [0.5, 0.6) is 0 Å². The lowest BCUT2D eigenvalue weighted by molar-refractivity contribution is 1.35. The van der Waals surface area contributed by atoms with Gasteiger partial charge in [0.2, 0.25) is 0 Å². The second kappa shape index (κ2) is 2.77. The summed E-state index contributed by atoms with van der Waals surface area (Å²) < 4.78 is 0. The van der Waals surface area contributed by atoms with Crippen molar-refractivity contribution >= 4 is 21.5 Å². The Balaban J connectivity index is 2.61. The number of hydrogen-bond acceptors (Lipinski definition) is 2. The topological polar surface area (TPSA) is 25.8 Å². The summed E-state index contributed by atoms with van der Waals surface area (Å²) in [4.78, 5) is 8.14. The normalized spacial score (nSPS) is 10.9. The lowest BCUT2D eigenvalue weighted by Gasteiger charge is -2.00. The third-order valence-corrected chi connectivity index (χ3v) is 2.35. The third-order valence-electron chi connectivity index (χ3n) is 2.35. The zero-order valence-electron chi connectivity index (χ0n) is 7.44. The van der Waals surface area contributed by atoms with Crippen molar-refractivity contribution in [2.24, 2.45) is 0 Å². The van der Waals surface area contributed by atoms with Crippen LogP contribution in [0.2, 0.25) is 0 Å². The van der Waals surface area contributed by atoms with Gasteiger partial charge in [0, 0.05) is 47.0 Å². The molecule has 3 rings (SSSR count). The number of hydrogen-bond donors (Lipinski definition) is 0. The molecule has 0 saturated carbocycles. The van der Waals surface area contributed by atoms with Crippen LogP contribution in [0.1, 0.15) is 0 Å². The number of aromatic nitrogens is 2. The van der Waals surface area contributed by atoms with Crippen molar-refractivity contribution in [3.63, 3.8) is 0 Å². The molecule has 3 aromatic rings. The van der Waals surface area contributed by atoms with Crippen LogP contribution < -0.4 is 0 Å². The summed E-state index contributed by atoms with van der Waals surface area (Å²) in [7, 11) is 0. The first-order valence-electron chi connectivity index (χ1n) is 4.43. The standard InChI is InChI=1S/C12H7N2/c1-2-10-8-14-6-4-12(10)11-3-5-13-7-9(1)11/h1-3,5-8H. The first-order chi connectivity index (χ1) is 6.95. The molecule has 0 aliphatic rings. The molecule has 0 aliphatic heterocycles. The van der Waals surface area contributed by atoms with Gasteiger partial charge >= 0.3 is 0 Å². The second-order valence-corrected chi connectivity index (χ2v) is 3.18. The zero-order valence-corrected chi connectivity index (χ0v) is 7.44. The van der Waals surface area contributed by atoms with Crippen molar-refractivity contribution in [3.8, 4) is 0 Å². The van der Waals surface area contributed by atoms with Crippen molar-refractivity contribution in [2.75, 3.05) is 0 Å². The number of pyridine rings is 2. The molecule has 0 spiro atoms. The molecular weight excluding hydrogens is 172 g/mol. The van der Waals surface area contributed by atoms with Gasteiger partial charge in [0.1, 0.15) is 0 Å². The van der Waals surface area contributed by atoms with E-state index in [4.69, 9.17) is 0 Å². The summed E-state index contributed by atoms with van der Waals surface area (Å²) in [6, 6.07) is 9.26. The lowest BCUT2D eigenvalue weighted by atomic mass is 10.1. The zero-order chi connectivity index (χ0) is 9.38. The van der Waals surface area contributed by atoms with Gasteiger partial charge in [-0.1, -0.05) is 12.1 Å². The average Bonchev–Trinajstić information content (AvgIpc) is 2.29. The summed E-state index contributed by atoms with van der Waals surface area (Å²) in [6.07, 6.45) is 7.22. The summed E-state index contributed by atoms with van der Waals surface area (Å²) in [6.45, 7) is 0. The van der Waals surface area contributed by atoms with E-state index < -0.39 is 0 Å². The van der Waals surface area contributed by atoms with Crippen molar-refractivity contribution in [2.45, 2.75) is 0 Å². The van der Waals surface area contributed by atoms with E-state index in [0.717, 1.165) is 16.2 Å². The van der Waals surface area contributed by atoms with Crippen LogP contribution in [-0.2, 0) is 0 Å². The molecule has 2 heterocycles. The van der Waals surface area contributed by atoms with E-state index in [9.17, 15) is 0 Å². The van der Waals surface area contributed by atoms with Crippen LogP contribution in [0.4, 0.5) is 0 Å². The van der Waals surface area contributed by atoms with E-state index in [1.165, 1.54) is 5.39 Å². The predicted octanol–water partition coefficient (Wildman–Crippen LogP) is 2.58. The van der Waals surface area contributed by atoms with E-state index >= 15 is 0 Å². The Morgan fingerprint density at radius 3 is 2.79 bits per heavy atom. The SMILES string of the molecule is [c]1cncc2ccc3cnccc3c12. The Morgan fingerprint density at radius 2 is 1.79 bits per heavy atom. The summed E-state index contributed by atoms with van der Waals surface area (Å²) in [5, 5.41) is 4.55. The van der Waals surface area contributed by atoms with Gasteiger partial charge in [0.25, 0.3) is 0 Å². The number of benzene rings is 1. The van der Waals surface area contributed by atoms with E-state index in [1.807, 2.05) is 24.5 Å². The smallest absolute Gasteiger partial charge is 0.0353 e. The number of rotatable bonds is 0. The van der Waals surface area contributed by atoms with Crippen LogP contribution in [0.15, 0.2) is 43.0 Å². The average molecular weight is 179 g/mol. The van der Waals surface area contributed by atoms with Gasteiger partial charge in [-0.3, -0.25) is 9.97 Å². The molecule has 0 atom stereocenters. The highest BCUT2D eigenvalue weighted by molar-refractivity contribution is 6.06. The van der Waals surface area contributed by atoms with E-state index in [2.05, 4.69) is 22.1 Å². The Hall–Kier alpha value is -1.96. The molecule has 65 valence electrons. The molecule has 2 nitrogen and oxygen atoms in total. The molecule has 0 saturated heterocycles. The van der Waals surface area contributed by atoms with Gasteiger partial charge in [0.05, 0.1) is 0 Å². The fourth-order valence-electron chi connectivity index (χ4n) is 1.67. The van der Waals surface area contributed by atoms with Crippen molar-refractivity contribution < 1.29 is 0 Å². The maximum absolute atomic E-state index is 4.09. The van der Waals surface area contributed by atoms with Gasteiger partial charge in [0.15, 0.2) is 0 Å². The molecule has 0 amide bonds. The van der Waals surface area contributed by atoms with Gasteiger partial charge in [-0.15, -0.1) is 0 Å². The summed E-state index contributed by atoms with van der Waals surface area (Å²) >= 11 is 0. The molecule has 0 fully saturated rings. The predicted molar refractivity (Wildman–Crippen MR) is 55.9 cm³/mol. The lowest BCUT2D eigenvalue weighted by Crippen LogP contribution is -1.80. The highest BCUT2D eigenvalue weighted by Gasteiger charge is 1.98. The molecule has 1 radical (unpaired) electrons. The van der Waals surface area contributed by atoms with Gasteiger partial charge < -0.3 is 0 Å². The molecule has 0 bridgehead atoms. The van der Waals surface area contributed by atoms with E-state index in [1.54, 1.807) is 12.4 Å². The molecular formula is C12H7N2. The second-order valence-electron chi connectivity index (χ2n) is 3.18. The minimum Gasteiger partial charge on any atom is -0.264 e. The molecule has 0 unspecified atom stereocenters. The summed E-state index contributed by atoms with van der Waals surface area (Å²) in [5.74, 6) is 0. The van der Waals surface area contributed by atoms with E-state index in [0.29, 0.717) is 0 Å². The van der Waals surface area contributed by atoms with Crippen LogP contribution in [0.25, 0.3) is 21.5 Å². The quantitative estimate of drug-likeness (QED) is 0.496. The van der Waals surface area contributed by atoms with Crippen molar-refractivity contribution in [1.29, 1.82) is 0 Å². The number of fused-ring (bicyclic) bond motifs is 3. The molecule has 1 aromatic carbocycles. The minimum absolute atomic E-state index is 1.11. The largest absolute Gasteiger partial charge is 0.264 e. The van der Waals surface area contributed by atoms with Crippen LogP contribution in [-0.4, -0.2) is 9.97 Å². The Morgan fingerprint density at radius 1 is 0.929 bits per heavy atom.